The molecule has 0 saturated heterocycles. The van der Waals surface area contributed by atoms with Gasteiger partial charge in [-0.25, -0.2) is 8.42 Å². The number of fused-ring (bicyclic) bond motifs is 1. The highest BCUT2D eigenvalue weighted by molar-refractivity contribution is 9.10. The van der Waals surface area contributed by atoms with Crippen LogP contribution in [0.1, 0.15) is 51.1 Å². The summed E-state index contributed by atoms with van der Waals surface area (Å²) in [7, 11) is -2.55. The number of methoxy groups -OCH3 is 1. The fourth-order valence-electron chi connectivity index (χ4n) is 5.57. The summed E-state index contributed by atoms with van der Waals surface area (Å²) in [4.78, 5) is 15.1. The number of hydrogen-bond acceptors (Lipinski definition) is 9. The third kappa shape index (κ3) is 7.31. The second-order valence-electron chi connectivity index (χ2n) is 11.1. The summed E-state index contributed by atoms with van der Waals surface area (Å²) in [5.41, 5.74) is 0.965. The van der Waals surface area contributed by atoms with Crippen molar-refractivity contribution in [1.29, 1.82) is 0 Å². The second kappa shape index (κ2) is 14.2. The van der Waals surface area contributed by atoms with Crippen molar-refractivity contribution in [2.45, 2.75) is 56.8 Å². The van der Waals surface area contributed by atoms with Crippen LogP contribution in [0.25, 0.3) is 0 Å². The van der Waals surface area contributed by atoms with Gasteiger partial charge >= 0.3 is 0 Å². The first kappa shape index (κ1) is 33.6. The zero-order chi connectivity index (χ0) is 32.1. The van der Waals surface area contributed by atoms with Crippen LogP contribution in [0.15, 0.2) is 70.0 Å². The van der Waals surface area contributed by atoms with Gasteiger partial charge in [0.2, 0.25) is 0 Å². The number of para-hydroxylation sites is 2. The maximum atomic E-state index is 14.0. The van der Waals surface area contributed by atoms with Crippen molar-refractivity contribution >= 4 is 43.0 Å². The third-order valence-corrected chi connectivity index (χ3v) is 10.7. The minimum atomic E-state index is -3.77. The maximum absolute atomic E-state index is 14.0. The second-order valence-corrected chi connectivity index (χ2v) is 13.9. The molecule has 3 aromatic rings. The number of halogens is 1. The van der Waals surface area contributed by atoms with Crippen LogP contribution >= 0.6 is 15.9 Å². The van der Waals surface area contributed by atoms with Crippen LogP contribution in [0.4, 0.5) is 11.4 Å². The molecule has 44 heavy (non-hydrogen) atoms. The lowest BCUT2D eigenvalue weighted by atomic mass is 9.81. The number of aliphatic hydroxyl groups excluding tert-OH is 1. The highest BCUT2D eigenvalue weighted by Crippen LogP contribution is 2.47. The van der Waals surface area contributed by atoms with E-state index in [9.17, 15) is 28.5 Å². The molecule has 3 atom stereocenters. The first-order valence-electron chi connectivity index (χ1n) is 14.5. The number of carbonyl (C=O) groups excluding carboxylic acids is 1. The molecular formula is C32H39BrN2O8S. The number of carbonyl (C=O) groups is 1. The number of benzene rings is 3. The predicted molar refractivity (Wildman–Crippen MR) is 171 cm³/mol. The number of phenolic OH excluding ortho intramolecular Hbond substituents is 2. The Balaban J connectivity index is 1.66. The molecule has 10 nitrogen and oxygen atoms in total. The summed E-state index contributed by atoms with van der Waals surface area (Å²) in [6, 6.07) is 15.7. The summed E-state index contributed by atoms with van der Waals surface area (Å²) >= 11 is 3.52. The van der Waals surface area contributed by atoms with Gasteiger partial charge in [-0.3, -0.25) is 4.79 Å². The molecule has 0 aromatic heterocycles. The molecule has 12 heteroatoms. The van der Waals surface area contributed by atoms with Crippen molar-refractivity contribution in [3.05, 3.63) is 70.7 Å². The Morgan fingerprint density at radius 1 is 1.11 bits per heavy atom. The smallest absolute Gasteiger partial charge is 0.258 e. The van der Waals surface area contributed by atoms with Crippen molar-refractivity contribution in [2.75, 3.05) is 30.9 Å². The first-order valence-corrected chi connectivity index (χ1v) is 16.9. The minimum absolute atomic E-state index is 0.0155. The normalized spacial score (nSPS) is 19.0. The average Bonchev–Trinajstić information content (AvgIpc) is 3.11. The molecule has 1 aliphatic heterocycles. The standard InChI is InChI=1S/C32H39BrN2O8S/c1-4-6-15-32(5-2)19-35(21-11-8-7-9-12-21)24-16-23(33)26(17-27(24)44(40,41)20-32)43-18-28(37)34-29(31(39)42-3)22-13-10-14-25(36)30(22)38/h7-14,16-17,29,31,36,38-39H,4-6,15,18-20H2,1-3H3,(H,34,37). The molecule has 0 spiro atoms. The van der Waals surface area contributed by atoms with Crippen LogP contribution in [0.2, 0.25) is 0 Å². The van der Waals surface area contributed by atoms with Crippen molar-refractivity contribution in [2.24, 2.45) is 5.41 Å². The molecule has 0 aliphatic carbocycles. The lowest BCUT2D eigenvalue weighted by molar-refractivity contribution is -0.132. The fourth-order valence-corrected chi connectivity index (χ4v) is 8.19. The summed E-state index contributed by atoms with van der Waals surface area (Å²) in [6.07, 6.45) is 1.78. The molecule has 1 amide bonds. The first-order chi connectivity index (χ1) is 20.9. The number of aliphatic hydroxyl groups is 1. The minimum Gasteiger partial charge on any atom is -0.504 e. The number of sulfone groups is 1. The van der Waals surface area contributed by atoms with Crippen molar-refractivity contribution in [3.8, 4) is 17.2 Å². The van der Waals surface area contributed by atoms with E-state index in [2.05, 4.69) is 33.1 Å². The van der Waals surface area contributed by atoms with Crippen LogP contribution in [0.3, 0.4) is 0 Å². The molecule has 238 valence electrons. The quantitative estimate of drug-likeness (QED) is 0.141. The Labute approximate surface area is 266 Å². The molecule has 0 saturated carbocycles. The fraction of sp³-hybridized carbons (Fsp3) is 0.406. The topological polar surface area (TPSA) is 146 Å². The number of hydrogen-bond donors (Lipinski definition) is 4. The Kier molecular flexibility index (Phi) is 10.8. The van der Waals surface area contributed by atoms with E-state index in [1.807, 2.05) is 37.3 Å². The van der Waals surface area contributed by atoms with Crippen molar-refractivity contribution in [1.82, 2.24) is 5.32 Å². The molecule has 1 heterocycles. The summed E-state index contributed by atoms with van der Waals surface area (Å²) in [5, 5.41) is 33.1. The molecule has 4 N–H and O–H groups in total. The summed E-state index contributed by atoms with van der Waals surface area (Å²) in [6.45, 7) is 4.12. The number of amides is 1. The van der Waals surface area contributed by atoms with Crippen molar-refractivity contribution in [3.63, 3.8) is 0 Å². The van der Waals surface area contributed by atoms with Crippen LogP contribution in [0.5, 0.6) is 17.2 Å². The van der Waals surface area contributed by atoms with Crippen LogP contribution < -0.4 is 15.0 Å². The van der Waals surface area contributed by atoms with Gasteiger partial charge in [0.1, 0.15) is 11.8 Å². The van der Waals surface area contributed by atoms with E-state index in [1.165, 1.54) is 31.4 Å². The van der Waals surface area contributed by atoms with Gasteiger partial charge in [0.05, 0.1) is 20.8 Å². The molecule has 0 fully saturated rings. The van der Waals surface area contributed by atoms with E-state index in [0.29, 0.717) is 23.1 Å². The van der Waals surface area contributed by atoms with Gasteiger partial charge in [-0.05, 0) is 53.0 Å². The van der Waals surface area contributed by atoms with Gasteiger partial charge < -0.3 is 35.0 Å². The number of phenols is 2. The van der Waals surface area contributed by atoms with E-state index in [4.69, 9.17) is 9.47 Å². The van der Waals surface area contributed by atoms with Crippen LogP contribution in [-0.4, -0.2) is 61.9 Å². The molecular weight excluding hydrogens is 652 g/mol. The Hall–Kier alpha value is -3.32. The van der Waals surface area contributed by atoms with Gasteiger partial charge in [-0.1, -0.05) is 57.0 Å². The number of anilines is 2. The monoisotopic (exact) mass is 690 g/mol. The van der Waals surface area contributed by atoms with Gasteiger partial charge in [0.25, 0.3) is 5.91 Å². The number of unbranched alkanes of at least 4 members (excludes halogenated alkanes) is 1. The van der Waals surface area contributed by atoms with E-state index in [-0.39, 0.29) is 22.0 Å². The van der Waals surface area contributed by atoms with E-state index in [1.54, 1.807) is 6.07 Å². The molecule has 0 radical (unpaired) electrons. The van der Waals surface area contributed by atoms with Crippen LogP contribution in [0, 0.1) is 5.41 Å². The number of nitrogens with one attached hydrogen (secondary N) is 1. The molecule has 3 aromatic carbocycles. The van der Waals surface area contributed by atoms with Gasteiger partial charge in [0.15, 0.2) is 34.2 Å². The van der Waals surface area contributed by atoms with Crippen LogP contribution in [-0.2, 0) is 19.4 Å². The zero-order valence-corrected chi connectivity index (χ0v) is 27.4. The number of rotatable bonds is 12. The highest BCUT2D eigenvalue weighted by atomic mass is 79.9. The molecule has 4 rings (SSSR count). The van der Waals surface area contributed by atoms with E-state index in [0.717, 1.165) is 24.9 Å². The zero-order valence-electron chi connectivity index (χ0n) is 25.0. The van der Waals surface area contributed by atoms with Crippen molar-refractivity contribution < 1.29 is 38.0 Å². The maximum Gasteiger partial charge on any atom is 0.258 e. The lowest BCUT2D eigenvalue weighted by Gasteiger charge is -2.36. The Morgan fingerprint density at radius 3 is 2.50 bits per heavy atom. The predicted octanol–water partition coefficient (Wildman–Crippen LogP) is 5.57. The SMILES string of the molecule is CCCCC1(CC)CN(c2ccccc2)c2cc(Br)c(OCC(=O)NC(c3cccc(O)c3O)C(O)OC)cc2S(=O)(=O)C1. The third-order valence-electron chi connectivity index (χ3n) is 8.09. The van der Waals surface area contributed by atoms with E-state index >= 15 is 0 Å². The molecule has 3 unspecified atom stereocenters. The van der Waals surface area contributed by atoms with Gasteiger partial charge in [0, 0.05) is 36.4 Å². The number of nitrogens with zero attached hydrogens (tertiary/aromatic N) is 1. The lowest BCUT2D eigenvalue weighted by Crippen LogP contribution is -2.39. The summed E-state index contributed by atoms with van der Waals surface area (Å²) in [5.74, 6) is -1.49. The Bertz CT molecular complexity index is 1570. The summed E-state index contributed by atoms with van der Waals surface area (Å²) < 4.78 is 39.3. The molecule has 1 aliphatic rings. The number of aromatic hydroxyl groups is 2. The molecule has 0 bridgehead atoms. The highest BCUT2D eigenvalue weighted by Gasteiger charge is 2.42. The largest absolute Gasteiger partial charge is 0.504 e. The number of ether oxygens (including phenoxy) is 2. The average molecular weight is 692 g/mol. The van der Waals surface area contributed by atoms with Gasteiger partial charge in [-0.2, -0.15) is 0 Å². The van der Waals surface area contributed by atoms with Gasteiger partial charge in [-0.15, -0.1) is 0 Å². The Morgan fingerprint density at radius 2 is 1.84 bits per heavy atom. The van der Waals surface area contributed by atoms with E-state index < -0.39 is 51.6 Å².